The standard InChI is InChI=1S/C22H14N4O2/c27-22(28)13-6-7-14-17-12-23-10-8-15(17)21(26-20(14)11-13)25-19-5-1-4-18-16(19)3-2-9-24-18/h1-12H,(H,25,26)(H,27,28). The van der Waals surface area contributed by atoms with E-state index >= 15 is 0 Å². The lowest BCUT2D eigenvalue weighted by Crippen LogP contribution is -2.00. The summed E-state index contributed by atoms with van der Waals surface area (Å²) in [6, 6.07) is 16.6. The molecule has 0 atom stereocenters. The van der Waals surface area contributed by atoms with Gasteiger partial charge in [-0.15, -0.1) is 0 Å². The highest BCUT2D eigenvalue weighted by Crippen LogP contribution is 2.32. The molecule has 0 aliphatic carbocycles. The van der Waals surface area contributed by atoms with Crippen LogP contribution in [0.15, 0.2) is 73.2 Å². The molecule has 0 saturated carbocycles. The van der Waals surface area contributed by atoms with Gasteiger partial charge in [-0.3, -0.25) is 9.97 Å². The van der Waals surface area contributed by atoms with E-state index in [1.807, 2.05) is 36.4 Å². The molecule has 6 heteroatoms. The predicted molar refractivity (Wildman–Crippen MR) is 109 cm³/mol. The number of rotatable bonds is 3. The number of pyridine rings is 3. The molecule has 0 radical (unpaired) electrons. The minimum absolute atomic E-state index is 0.198. The molecule has 6 nitrogen and oxygen atoms in total. The van der Waals surface area contributed by atoms with Gasteiger partial charge in [-0.05, 0) is 42.5 Å². The van der Waals surface area contributed by atoms with Crippen molar-refractivity contribution in [2.75, 3.05) is 5.32 Å². The molecule has 0 saturated heterocycles. The van der Waals surface area contributed by atoms with Crippen LogP contribution in [-0.2, 0) is 0 Å². The molecule has 0 fully saturated rings. The van der Waals surface area contributed by atoms with Crippen molar-refractivity contribution < 1.29 is 9.90 Å². The molecule has 3 aromatic heterocycles. The Kier molecular flexibility index (Phi) is 3.62. The third-order valence-corrected chi connectivity index (χ3v) is 4.74. The Bertz CT molecular complexity index is 1380. The number of carboxylic acid groups (broad SMARTS) is 1. The van der Waals surface area contributed by atoms with Gasteiger partial charge >= 0.3 is 5.97 Å². The van der Waals surface area contributed by atoms with E-state index in [-0.39, 0.29) is 5.56 Å². The summed E-state index contributed by atoms with van der Waals surface area (Å²) >= 11 is 0. The number of nitrogens with one attached hydrogen (secondary N) is 1. The molecule has 2 aromatic carbocycles. The van der Waals surface area contributed by atoms with Crippen LogP contribution in [0.1, 0.15) is 10.4 Å². The Hall–Kier alpha value is -4.06. The smallest absolute Gasteiger partial charge is 0.335 e. The molecular weight excluding hydrogens is 352 g/mol. The molecule has 3 heterocycles. The second-order valence-electron chi connectivity index (χ2n) is 6.42. The van der Waals surface area contributed by atoms with E-state index in [0.717, 1.165) is 32.7 Å². The molecule has 0 bridgehead atoms. The highest BCUT2D eigenvalue weighted by molar-refractivity contribution is 6.11. The highest BCUT2D eigenvalue weighted by atomic mass is 16.4. The summed E-state index contributed by atoms with van der Waals surface area (Å²) in [4.78, 5) is 24.7. The van der Waals surface area contributed by atoms with Crippen molar-refractivity contribution in [1.82, 2.24) is 15.0 Å². The van der Waals surface area contributed by atoms with Gasteiger partial charge in [0, 0.05) is 45.8 Å². The number of benzene rings is 2. The van der Waals surface area contributed by atoms with Gasteiger partial charge in [-0.1, -0.05) is 12.1 Å². The maximum Gasteiger partial charge on any atom is 0.335 e. The summed E-state index contributed by atoms with van der Waals surface area (Å²) in [7, 11) is 0. The van der Waals surface area contributed by atoms with E-state index in [0.29, 0.717) is 11.3 Å². The monoisotopic (exact) mass is 366 g/mol. The van der Waals surface area contributed by atoms with Crippen molar-refractivity contribution in [1.29, 1.82) is 0 Å². The van der Waals surface area contributed by atoms with E-state index in [1.165, 1.54) is 0 Å². The number of aromatic carboxylic acids is 1. The van der Waals surface area contributed by atoms with Gasteiger partial charge in [-0.2, -0.15) is 0 Å². The molecule has 2 N–H and O–H groups in total. The molecule has 0 aliphatic heterocycles. The number of nitrogens with zero attached hydrogens (tertiary/aromatic N) is 3. The third-order valence-electron chi connectivity index (χ3n) is 4.74. The first-order valence-corrected chi connectivity index (χ1v) is 8.72. The molecule has 28 heavy (non-hydrogen) atoms. The second kappa shape index (κ2) is 6.28. The molecule has 0 amide bonds. The van der Waals surface area contributed by atoms with Gasteiger partial charge in [0.15, 0.2) is 0 Å². The van der Waals surface area contributed by atoms with Crippen molar-refractivity contribution in [2.24, 2.45) is 0 Å². The highest BCUT2D eigenvalue weighted by Gasteiger charge is 2.12. The molecule has 5 rings (SSSR count). The van der Waals surface area contributed by atoms with Crippen LogP contribution >= 0.6 is 0 Å². The first-order valence-electron chi connectivity index (χ1n) is 8.72. The number of hydrogen-bond acceptors (Lipinski definition) is 5. The Labute approximate surface area is 159 Å². The van der Waals surface area contributed by atoms with Crippen molar-refractivity contribution in [3.05, 3.63) is 78.8 Å². The number of carbonyl (C=O) groups is 1. The Morgan fingerprint density at radius 1 is 0.857 bits per heavy atom. The molecule has 0 aliphatic rings. The summed E-state index contributed by atoms with van der Waals surface area (Å²) in [5, 5.41) is 16.4. The minimum atomic E-state index is -0.982. The fourth-order valence-electron chi connectivity index (χ4n) is 3.42. The van der Waals surface area contributed by atoms with Gasteiger partial charge in [0.05, 0.1) is 16.6 Å². The van der Waals surface area contributed by atoms with Gasteiger partial charge < -0.3 is 10.4 Å². The number of fused-ring (bicyclic) bond motifs is 4. The number of hydrogen-bond donors (Lipinski definition) is 2. The number of aromatic nitrogens is 3. The van der Waals surface area contributed by atoms with Crippen molar-refractivity contribution in [3.63, 3.8) is 0 Å². The lowest BCUT2D eigenvalue weighted by molar-refractivity contribution is 0.0697. The zero-order chi connectivity index (χ0) is 19.1. The molecular formula is C22H14N4O2. The topological polar surface area (TPSA) is 88.0 Å². The van der Waals surface area contributed by atoms with E-state index in [4.69, 9.17) is 4.98 Å². The largest absolute Gasteiger partial charge is 0.478 e. The fourth-order valence-corrected chi connectivity index (χ4v) is 3.42. The maximum absolute atomic E-state index is 11.4. The predicted octanol–water partition coefficient (Wildman–Crippen LogP) is 4.77. The average molecular weight is 366 g/mol. The van der Waals surface area contributed by atoms with Crippen LogP contribution in [-0.4, -0.2) is 26.0 Å². The van der Waals surface area contributed by atoms with Crippen molar-refractivity contribution >= 4 is 50.1 Å². The summed E-state index contributed by atoms with van der Waals surface area (Å²) in [5.41, 5.74) is 2.56. The van der Waals surface area contributed by atoms with Crippen LogP contribution < -0.4 is 5.32 Å². The summed E-state index contributed by atoms with van der Waals surface area (Å²) in [6.45, 7) is 0. The number of anilines is 2. The maximum atomic E-state index is 11.4. The van der Waals surface area contributed by atoms with E-state index in [2.05, 4.69) is 15.3 Å². The zero-order valence-electron chi connectivity index (χ0n) is 14.6. The van der Waals surface area contributed by atoms with Crippen LogP contribution in [0.3, 0.4) is 0 Å². The Morgan fingerprint density at radius 3 is 2.68 bits per heavy atom. The number of carboxylic acids is 1. The van der Waals surface area contributed by atoms with Crippen LogP contribution in [0, 0.1) is 0 Å². The van der Waals surface area contributed by atoms with Crippen LogP contribution in [0.25, 0.3) is 32.6 Å². The SMILES string of the molecule is O=C(O)c1ccc2c(c1)nc(Nc1cccc3ncccc13)c1ccncc12. The Balaban J connectivity index is 1.76. The van der Waals surface area contributed by atoms with Crippen LogP contribution in [0.2, 0.25) is 0 Å². The molecule has 0 unspecified atom stereocenters. The first-order chi connectivity index (χ1) is 13.7. The summed E-state index contributed by atoms with van der Waals surface area (Å²) in [5.74, 6) is -0.339. The van der Waals surface area contributed by atoms with Gasteiger partial charge in [0.25, 0.3) is 0 Å². The fraction of sp³-hybridized carbons (Fsp3) is 0. The molecule has 5 aromatic rings. The van der Waals surface area contributed by atoms with Gasteiger partial charge in [0.2, 0.25) is 0 Å². The average Bonchev–Trinajstić information content (AvgIpc) is 2.73. The summed E-state index contributed by atoms with van der Waals surface area (Å²) in [6.07, 6.45) is 5.25. The first kappa shape index (κ1) is 16.1. The van der Waals surface area contributed by atoms with Gasteiger partial charge in [-0.25, -0.2) is 9.78 Å². The molecule has 134 valence electrons. The van der Waals surface area contributed by atoms with E-state index in [1.54, 1.807) is 36.8 Å². The second-order valence-corrected chi connectivity index (χ2v) is 6.42. The van der Waals surface area contributed by atoms with E-state index < -0.39 is 5.97 Å². The summed E-state index contributed by atoms with van der Waals surface area (Å²) < 4.78 is 0. The Morgan fingerprint density at radius 2 is 1.79 bits per heavy atom. The molecule has 0 spiro atoms. The third kappa shape index (κ3) is 2.59. The zero-order valence-corrected chi connectivity index (χ0v) is 14.6. The van der Waals surface area contributed by atoms with Gasteiger partial charge in [0.1, 0.15) is 5.82 Å². The normalized spacial score (nSPS) is 11.1. The quantitative estimate of drug-likeness (QED) is 0.447. The van der Waals surface area contributed by atoms with Crippen LogP contribution in [0.5, 0.6) is 0 Å². The van der Waals surface area contributed by atoms with Crippen molar-refractivity contribution in [3.8, 4) is 0 Å². The van der Waals surface area contributed by atoms with Crippen LogP contribution in [0.4, 0.5) is 11.5 Å². The lowest BCUT2D eigenvalue weighted by Gasteiger charge is -2.13. The minimum Gasteiger partial charge on any atom is -0.478 e. The lowest BCUT2D eigenvalue weighted by atomic mass is 10.1. The van der Waals surface area contributed by atoms with Crippen molar-refractivity contribution in [2.45, 2.75) is 0 Å². The van der Waals surface area contributed by atoms with E-state index in [9.17, 15) is 9.90 Å².